The van der Waals surface area contributed by atoms with Gasteiger partial charge in [0.25, 0.3) is 5.91 Å². The molecule has 1 aliphatic rings. The molecule has 124 valence electrons. The highest BCUT2D eigenvalue weighted by atomic mass is 35.5. The Morgan fingerprint density at radius 1 is 1.36 bits per heavy atom. The van der Waals surface area contributed by atoms with E-state index in [2.05, 4.69) is 5.32 Å². The van der Waals surface area contributed by atoms with E-state index in [1.54, 1.807) is 0 Å². The largest absolute Gasteiger partial charge is 0.417 e. The molecular weight excluding hydrogens is 317 g/mol. The van der Waals surface area contributed by atoms with Gasteiger partial charge in [-0.2, -0.15) is 13.2 Å². The number of halogens is 4. The molecule has 0 spiro atoms. The zero-order valence-corrected chi connectivity index (χ0v) is 13.1. The van der Waals surface area contributed by atoms with Gasteiger partial charge in [-0.1, -0.05) is 12.1 Å². The summed E-state index contributed by atoms with van der Waals surface area (Å²) in [6.45, 7) is 1.79. The van der Waals surface area contributed by atoms with Gasteiger partial charge >= 0.3 is 6.18 Å². The maximum atomic E-state index is 13.0. The van der Waals surface area contributed by atoms with Gasteiger partial charge in [0.1, 0.15) is 0 Å². The molecule has 1 atom stereocenters. The molecule has 1 saturated heterocycles. The summed E-state index contributed by atoms with van der Waals surface area (Å²) in [7, 11) is 1.83. The van der Waals surface area contributed by atoms with Gasteiger partial charge in [-0.3, -0.25) is 4.79 Å². The second kappa shape index (κ2) is 7.83. The van der Waals surface area contributed by atoms with Gasteiger partial charge < -0.3 is 10.2 Å². The van der Waals surface area contributed by atoms with Crippen molar-refractivity contribution in [3.8, 4) is 0 Å². The Hall–Kier alpha value is -1.27. The summed E-state index contributed by atoms with van der Waals surface area (Å²) in [5, 5.41) is 3.05. The molecule has 0 aliphatic carbocycles. The SMILES string of the molecule is CNCC1CCCN(C(=O)c2ccccc2C(F)(F)F)C1.Cl. The van der Waals surface area contributed by atoms with Crippen LogP contribution >= 0.6 is 12.4 Å². The van der Waals surface area contributed by atoms with E-state index >= 15 is 0 Å². The third-order valence-electron chi connectivity index (χ3n) is 3.76. The summed E-state index contributed by atoms with van der Waals surface area (Å²) < 4.78 is 39.0. The number of nitrogens with one attached hydrogen (secondary N) is 1. The molecule has 7 heteroatoms. The van der Waals surface area contributed by atoms with Gasteiger partial charge in [0.05, 0.1) is 11.1 Å². The minimum absolute atomic E-state index is 0. The normalized spacial score (nSPS) is 18.7. The van der Waals surface area contributed by atoms with E-state index in [0.29, 0.717) is 19.0 Å². The quantitative estimate of drug-likeness (QED) is 0.919. The predicted molar refractivity (Wildman–Crippen MR) is 81.2 cm³/mol. The lowest BCUT2D eigenvalue weighted by atomic mass is 9.96. The lowest BCUT2D eigenvalue weighted by molar-refractivity contribution is -0.138. The van der Waals surface area contributed by atoms with Crippen molar-refractivity contribution >= 4 is 18.3 Å². The van der Waals surface area contributed by atoms with Crippen molar-refractivity contribution in [3.05, 3.63) is 35.4 Å². The average molecular weight is 337 g/mol. The Bertz CT molecular complexity index is 506. The van der Waals surface area contributed by atoms with Crippen molar-refractivity contribution in [2.75, 3.05) is 26.7 Å². The van der Waals surface area contributed by atoms with Crippen LogP contribution in [0.3, 0.4) is 0 Å². The van der Waals surface area contributed by atoms with E-state index in [1.165, 1.54) is 23.1 Å². The first-order valence-electron chi connectivity index (χ1n) is 7.03. The summed E-state index contributed by atoms with van der Waals surface area (Å²) in [5.74, 6) is -0.227. The van der Waals surface area contributed by atoms with E-state index in [1.807, 2.05) is 7.05 Å². The predicted octanol–water partition coefficient (Wildman–Crippen LogP) is 3.20. The van der Waals surface area contributed by atoms with Crippen LogP contribution in [0.25, 0.3) is 0 Å². The van der Waals surface area contributed by atoms with Crippen LogP contribution in [0, 0.1) is 5.92 Å². The molecule has 1 amide bonds. The Kier molecular flexibility index (Phi) is 6.68. The molecule has 0 bridgehead atoms. The molecule has 1 heterocycles. The fourth-order valence-electron chi connectivity index (χ4n) is 2.79. The summed E-state index contributed by atoms with van der Waals surface area (Å²) in [5.41, 5.74) is -1.11. The van der Waals surface area contributed by atoms with Gasteiger partial charge in [-0.15, -0.1) is 12.4 Å². The fourth-order valence-corrected chi connectivity index (χ4v) is 2.79. The van der Waals surface area contributed by atoms with Gasteiger partial charge in [0, 0.05) is 13.1 Å². The van der Waals surface area contributed by atoms with Crippen molar-refractivity contribution in [3.63, 3.8) is 0 Å². The smallest absolute Gasteiger partial charge is 0.338 e. The van der Waals surface area contributed by atoms with E-state index in [4.69, 9.17) is 0 Å². The van der Waals surface area contributed by atoms with Gasteiger partial charge in [-0.25, -0.2) is 0 Å². The zero-order chi connectivity index (χ0) is 15.5. The van der Waals surface area contributed by atoms with Crippen LogP contribution in [0.5, 0.6) is 0 Å². The van der Waals surface area contributed by atoms with E-state index < -0.39 is 17.6 Å². The summed E-state index contributed by atoms with van der Waals surface area (Å²) in [6, 6.07) is 4.99. The van der Waals surface area contributed by atoms with Crippen molar-refractivity contribution in [2.45, 2.75) is 19.0 Å². The van der Waals surface area contributed by atoms with Gasteiger partial charge in [0.2, 0.25) is 0 Å². The fraction of sp³-hybridized carbons (Fsp3) is 0.533. The lowest BCUT2D eigenvalue weighted by Gasteiger charge is -2.33. The zero-order valence-electron chi connectivity index (χ0n) is 12.3. The topological polar surface area (TPSA) is 32.3 Å². The minimum atomic E-state index is -4.51. The molecule has 1 unspecified atom stereocenters. The molecule has 1 aromatic carbocycles. The van der Waals surface area contributed by atoms with Crippen molar-refractivity contribution in [2.24, 2.45) is 5.92 Å². The first-order valence-corrected chi connectivity index (χ1v) is 7.03. The maximum absolute atomic E-state index is 13.0. The number of alkyl halides is 3. The second-order valence-electron chi connectivity index (χ2n) is 5.36. The molecule has 3 nitrogen and oxygen atoms in total. The van der Waals surface area contributed by atoms with E-state index in [9.17, 15) is 18.0 Å². The lowest BCUT2D eigenvalue weighted by Crippen LogP contribution is -2.43. The molecule has 1 aliphatic heterocycles. The molecule has 0 saturated carbocycles. The van der Waals surface area contributed by atoms with Crippen LogP contribution in [-0.4, -0.2) is 37.5 Å². The maximum Gasteiger partial charge on any atom is 0.417 e. The van der Waals surface area contributed by atoms with E-state index in [-0.39, 0.29) is 18.0 Å². The third kappa shape index (κ3) is 4.36. The first-order chi connectivity index (χ1) is 9.93. The number of benzene rings is 1. The van der Waals surface area contributed by atoms with Crippen molar-refractivity contribution < 1.29 is 18.0 Å². The Morgan fingerprint density at radius 2 is 2.05 bits per heavy atom. The van der Waals surface area contributed by atoms with Gasteiger partial charge in [0.15, 0.2) is 0 Å². The first kappa shape index (κ1) is 18.8. The van der Waals surface area contributed by atoms with E-state index in [0.717, 1.165) is 25.5 Å². The summed E-state index contributed by atoms with van der Waals surface area (Å²) >= 11 is 0. The number of hydrogen-bond acceptors (Lipinski definition) is 2. The number of carbonyl (C=O) groups excluding carboxylic acids is 1. The number of rotatable bonds is 3. The van der Waals surface area contributed by atoms with Crippen LogP contribution in [0.4, 0.5) is 13.2 Å². The molecule has 0 radical (unpaired) electrons. The number of hydrogen-bond donors (Lipinski definition) is 1. The minimum Gasteiger partial charge on any atom is -0.338 e. The number of amides is 1. The standard InChI is InChI=1S/C15H19F3N2O.ClH/c1-19-9-11-5-4-8-20(10-11)14(21)12-6-2-3-7-13(12)15(16,17)18;/h2-3,6-7,11,19H,4-5,8-10H2,1H3;1H. The molecule has 1 aromatic rings. The second-order valence-corrected chi connectivity index (χ2v) is 5.36. The molecule has 1 N–H and O–H groups in total. The van der Waals surface area contributed by atoms with Crippen LogP contribution < -0.4 is 5.32 Å². The number of nitrogens with zero attached hydrogens (tertiary/aromatic N) is 1. The highest BCUT2D eigenvalue weighted by Crippen LogP contribution is 2.32. The summed E-state index contributed by atoms with van der Waals surface area (Å²) in [4.78, 5) is 14.0. The molecule has 2 rings (SSSR count). The third-order valence-corrected chi connectivity index (χ3v) is 3.76. The highest BCUT2D eigenvalue weighted by molar-refractivity contribution is 5.96. The Morgan fingerprint density at radius 3 is 2.68 bits per heavy atom. The highest BCUT2D eigenvalue weighted by Gasteiger charge is 2.36. The van der Waals surface area contributed by atoms with Crippen LogP contribution in [0.2, 0.25) is 0 Å². The van der Waals surface area contributed by atoms with Crippen molar-refractivity contribution in [1.82, 2.24) is 10.2 Å². The number of likely N-dealkylation sites (tertiary alicyclic amines) is 1. The monoisotopic (exact) mass is 336 g/mol. The summed E-state index contributed by atoms with van der Waals surface area (Å²) in [6.07, 6.45) is -2.69. The Labute approximate surface area is 134 Å². The molecule has 22 heavy (non-hydrogen) atoms. The van der Waals surface area contributed by atoms with Crippen LogP contribution in [-0.2, 0) is 6.18 Å². The molecule has 0 aromatic heterocycles. The molecule has 1 fully saturated rings. The van der Waals surface area contributed by atoms with Crippen molar-refractivity contribution in [1.29, 1.82) is 0 Å². The van der Waals surface area contributed by atoms with Crippen LogP contribution in [0.1, 0.15) is 28.8 Å². The number of carbonyl (C=O) groups is 1. The van der Waals surface area contributed by atoms with Gasteiger partial charge in [-0.05, 0) is 44.5 Å². The number of piperidine rings is 1. The average Bonchev–Trinajstić information content (AvgIpc) is 2.46. The Balaban J connectivity index is 0.00000242. The molecular formula is C15H20ClF3N2O. The van der Waals surface area contributed by atoms with Crippen LogP contribution in [0.15, 0.2) is 24.3 Å².